The highest BCUT2D eigenvalue weighted by Crippen LogP contribution is 2.29. The average Bonchev–Trinajstić information content (AvgIpc) is 2.55. The summed E-state index contributed by atoms with van der Waals surface area (Å²) in [5, 5.41) is 0. The molecule has 0 bridgehead atoms. The molecule has 3 aromatic rings. The molecule has 0 aliphatic heterocycles. The molecule has 0 aromatic heterocycles. The third-order valence-electron chi connectivity index (χ3n) is 3.75. The monoisotopic (exact) mass is 328 g/mol. The summed E-state index contributed by atoms with van der Waals surface area (Å²) in [6, 6.07) is 19.3. The van der Waals surface area contributed by atoms with Crippen molar-refractivity contribution in [1.82, 2.24) is 0 Å². The van der Waals surface area contributed by atoms with Crippen molar-refractivity contribution in [2.24, 2.45) is 0 Å². The van der Waals surface area contributed by atoms with Gasteiger partial charge in [-0.15, -0.1) is 0 Å². The van der Waals surface area contributed by atoms with E-state index >= 15 is 0 Å². The fourth-order valence-corrected chi connectivity index (χ4v) is 2.49. The molecule has 0 saturated carbocycles. The molecular formula is C20H15F3O. The van der Waals surface area contributed by atoms with Gasteiger partial charge in [0.2, 0.25) is 0 Å². The van der Waals surface area contributed by atoms with E-state index in [2.05, 4.69) is 4.74 Å². The van der Waals surface area contributed by atoms with E-state index in [0.717, 1.165) is 17.2 Å². The number of hydrogen-bond donors (Lipinski definition) is 0. The second-order valence-corrected chi connectivity index (χ2v) is 5.46. The topological polar surface area (TPSA) is 9.23 Å². The van der Waals surface area contributed by atoms with Crippen LogP contribution in [0.3, 0.4) is 0 Å². The zero-order valence-corrected chi connectivity index (χ0v) is 13.0. The molecule has 0 aliphatic carbocycles. The van der Waals surface area contributed by atoms with Gasteiger partial charge in [0, 0.05) is 11.6 Å². The lowest BCUT2D eigenvalue weighted by atomic mass is 9.99. The average molecular weight is 328 g/mol. The van der Waals surface area contributed by atoms with Gasteiger partial charge in [0.25, 0.3) is 0 Å². The first-order valence-electron chi connectivity index (χ1n) is 7.45. The molecular weight excluding hydrogens is 313 g/mol. The Morgan fingerprint density at radius 1 is 0.750 bits per heavy atom. The normalized spacial score (nSPS) is 10.9. The van der Waals surface area contributed by atoms with Gasteiger partial charge in [0.05, 0.1) is 0 Å². The number of aryl methyl sites for hydroxylation is 1. The lowest BCUT2D eigenvalue weighted by molar-refractivity contribution is -0.0499. The van der Waals surface area contributed by atoms with E-state index in [9.17, 15) is 13.2 Å². The number of hydrogen-bond acceptors (Lipinski definition) is 1. The van der Waals surface area contributed by atoms with Crippen molar-refractivity contribution in [2.45, 2.75) is 13.5 Å². The molecule has 0 radical (unpaired) electrons. The molecule has 0 aliphatic rings. The molecule has 0 atom stereocenters. The van der Waals surface area contributed by atoms with Crippen molar-refractivity contribution >= 4 is 0 Å². The Kier molecular flexibility index (Phi) is 4.56. The Morgan fingerprint density at radius 3 is 1.83 bits per heavy atom. The van der Waals surface area contributed by atoms with Crippen LogP contribution < -0.4 is 4.74 Å². The summed E-state index contributed by atoms with van der Waals surface area (Å²) in [5.74, 6) is -0.793. The first-order valence-corrected chi connectivity index (χ1v) is 7.45. The van der Waals surface area contributed by atoms with Crippen LogP contribution in [0, 0.1) is 12.7 Å². The van der Waals surface area contributed by atoms with E-state index in [-0.39, 0.29) is 5.75 Å². The maximum Gasteiger partial charge on any atom is 0.387 e. The highest BCUT2D eigenvalue weighted by atomic mass is 19.3. The quantitative estimate of drug-likeness (QED) is 0.565. The fourth-order valence-electron chi connectivity index (χ4n) is 2.49. The van der Waals surface area contributed by atoms with E-state index < -0.39 is 12.4 Å². The smallest absolute Gasteiger partial charge is 0.387 e. The molecule has 0 heterocycles. The summed E-state index contributed by atoms with van der Waals surface area (Å²) in [5.41, 5.74) is 4.30. The van der Waals surface area contributed by atoms with Crippen LogP contribution in [0.4, 0.5) is 13.2 Å². The summed E-state index contributed by atoms with van der Waals surface area (Å²) < 4.78 is 42.7. The van der Waals surface area contributed by atoms with Gasteiger partial charge in [0.15, 0.2) is 0 Å². The molecule has 24 heavy (non-hydrogen) atoms. The third-order valence-corrected chi connectivity index (χ3v) is 3.75. The Bertz CT molecular complexity index is 825. The fraction of sp³-hybridized carbons (Fsp3) is 0.100. The van der Waals surface area contributed by atoms with E-state index in [1.807, 2.05) is 43.3 Å². The van der Waals surface area contributed by atoms with Crippen molar-refractivity contribution < 1.29 is 17.9 Å². The Labute approximate surface area is 138 Å². The van der Waals surface area contributed by atoms with Crippen LogP contribution in [0.25, 0.3) is 22.3 Å². The van der Waals surface area contributed by atoms with Crippen molar-refractivity contribution in [2.75, 3.05) is 0 Å². The van der Waals surface area contributed by atoms with Crippen molar-refractivity contribution in [3.63, 3.8) is 0 Å². The molecule has 3 rings (SSSR count). The van der Waals surface area contributed by atoms with Crippen LogP contribution in [0.5, 0.6) is 5.75 Å². The minimum atomic E-state index is -2.97. The van der Waals surface area contributed by atoms with Gasteiger partial charge in [-0.25, -0.2) is 4.39 Å². The third kappa shape index (κ3) is 3.59. The van der Waals surface area contributed by atoms with Crippen LogP contribution in [0.2, 0.25) is 0 Å². The number of alkyl halides is 2. The Balaban J connectivity index is 1.86. The summed E-state index contributed by atoms with van der Waals surface area (Å²) in [6.07, 6.45) is 0. The van der Waals surface area contributed by atoms with Gasteiger partial charge in [-0.3, -0.25) is 0 Å². The predicted molar refractivity (Wildman–Crippen MR) is 88.6 cm³/mol. The lowest BCUT2D eigenvalue weighted by Gasteiger charge is -2.09. The maximum absolute atomic E-state index is 14.1. The van der Waals surface area contributed by atoms with Gasteiger partial charge in [0.1, 0.15) is 11.6 Å². The minimum Gasteiger partial charge on any atom is -0.435 e. The Morgan fingerprint density at radius 2 is 1.29 bits per heavy atom. The molecule has 1 nitrogen and oxygen atoms in total. The van der Waals surface area contributed by atoms with Gasteiger partial charge in [-0.2, -0.15) is 8.78 Å². The van der Waals surface area contributed by atoms with Gasteiger partial charge < -0.3 is 4.74 Å². The van der Waals surface area contributed by atoms with E-state index in [0.29, 0.717) is 11.1 Å². The number of rotatable bonds is 4. The lowest BCUT2D eigenvalue weighted by Crippen LogP contribution is -2.02. The van der Waals surface area contributed by atoms with Crippen LogP contribution in [0.1, 0.15) is 5.56 Å². The van der Waals surface area contributed by atoms with Crippen molar-refractivity contribution in [1.29, 1.82) is 0 Å². The zero-order valence-electron chi connectivity index (χ0n) is 13.0. The van der Waals surface area contributed by atoms with E-state index in [4.69, 9.17) is 0 Å². The molecule has 0 saturated heterocycles. The van der Waals surface area contributed by atoms with Gasteiger partial charge in [-0.1, -0.05) is 54.1 Å². The SMILES string of the molecule is Cc1ccc(-c2ccc(-c3ccc(OC(F)F)cc3F)cc2)cc1. The minimum absolute atomic E-state index is 0.192. The number of benzene rings is 3. The largest absolute Gasteiger partial charge is 0.435 e. The number of halogens is 3. The summed E-state index contributed by atoms with van der Waals surface area (Å²) in [6.45, 7) is -0.944. The molecule has 3 aromatic carbocycles. The van der Waals surface area contributed by atoms with Crippen molar-refractivity contribution in [3.8, 4) is 28.0 Å². The van der Waals surface area contributed by atoms with Crippen LogP contribution in [-0.2, 0) is 0 Å². The van der Waals surface area contributed by atoms with Crippen LogP contribution in [0.15, 0.2) is 66.7 Å². The number of ether oxygens (including phenoxy) is 1. The van der Waals surface area contributed by atoms with E-state index in [1.54, 1.807) is 12.1 Å². The van der Waals surface area contributed by atoms with Gasteiger partial charge >= 0.3 is 6.61 Å². The highest BCUT2D eigenvalue weighted by Gasteiger charge is 2.10. The maximum atomic E-state index is 14.1. The highest BCUT2D eigenvalue weighted by molar-refractivity contribution is 5.71. The van der Waals surface area contributed by atoms with Gasteiger partial charge in [-0.05, 0) is 35.7 Å². The molecule has 122 valence electrons. The molecule has 0 spiro atoms. The summed E-state index contributed by atoms with van der Waals surface area (Å²) in [4.78, 5) is 0. The zero-order chi connectivity index (χ0) is 17.1. The second-order valence-electron chi connectivity index (χ2n) is 5.46. The first-order chi connectivity index (χ1) is 11.5. The molecule has 0 unspecified atom stereocenters. The predicted octanol–water partition coefficient (Wildman–Crippen LogP) is 6.07. The Hall–Kier alpha value is -2.75. The van der Waals surface area contributed by atoms with E-state index in [1.165, 1.54) is 17.7 Å². The molecule has 0 N–H and O–H groups in total. The molecule has 0 fully saturated rings. The molecule has 0 amide bonds. The first kappa shape index (κ1) is 16.1. The molecule has 4 heteroatoms. The van der Waals surface area contributed by atoms with Crippen LogP contribution in [-0.4, -0.2) is 6.61 Å². The summed E-state index contributed by atoms with van der Waals surface area (Å²) >= 11 is 0. The standard InChI is InChI=1S/C20H15F3O/c1-13-2-4-14(5-3-13)15-6-8-16(9-7-15)18-11-10-17(12-19(18)21)24-20(22)23/h2-12,20H,1H3. The second kappa shape index (κ2) is 6.79. The van der Waals surface area contributed by atoms with Crippen molar-refractivity contribution in [3.05, 3.63) is 78.1 Å². The summed E-state index contributed by atoms with van der Waals surface area (Å²) in [7, 11) is 0. The van der Waals surface area contributed by atoms with Crippen LogP contribution >= 0.6 is 0 Å².